The van der Waals surface area contributed by atoms with Gasteiger partial charge in [0.2, 0.25) is 0 Å². The molecule has 2 aromatic carbocycles. The van der Waals surface area contributed by atoms with Crippen LogP contribution in [0.25, 0.3) is 0 Å². The fraction of sp³-hybridized carbons (Fsp3) is 0.333. The first kappa shape index (κ1) is 17.4. The highest BCUT2D eigenvalue weighted by molar-refractivity contribution is 7.90. The highest BCUT2D eigenvalue weighted by Gasteiger charge is 2.29. The Morgan fingerprint density at radius 2 is 1.96 bits per heavy atom. The van der Waals surface area contributed by atoms with E-state index in [1.807, 2.05) is 19.1 Å². The molecule has 1 unspecified atom stereocenters. The van der Waals surface area contributed by atoms with Crippen molar-refractivity contribution < 1.29 is 13.3 Å². The van der Waals surface area contributed by atoms with E-state index < -0.39 is 14.8 Å². The van der Waals surface area contributed by atoms with Crippen LogP contribution in [0.5, 0.6) is 0 Å². The van der Waals surface area contributed by atoms with Gasteiger partial charge in [-0.2, -0.15) is 0 Å². The summed E-state index contributed by atoms with van der Waals surface area (Å²) in [5, 5.41) is 11.2. The van der Waals surface area contributed by atoms with E-state index in [1.54, 1.807) is 6.07 Å². The van der Waals surface area contributed by atoms with Gasteiger partial charge in [0.05, 0.1) is 11.0 Å². The minimum Gasteiger partial charge on any atom is -0.364 e. The Hall–Kier alpha value is -2.41. The Labute approximate surface area is 147 Å². The van der Waals surface area contributed by atoms with Crippen molar-refractivity contribution in [2.45, 2.75) is 30.7 Å². The molecule has 132 valence electrons. The maximum Gasteiger partial charge on any atom is 0.288 e. The van der Waals surface area contributed by atoms with Gasteiger partial charge in [0.1, 0.15) is 4.90 Å². The molecule has 0 saturated carbocycles. The van der Waals surface area contributed by atoms with E-state index in [1.165, 1.54) is 23.3 Å². The monoisotopic (exact) mass is 360 g/mol. The lowest BCUT2D eigenvalue weighted by atomic mass is 10.0. The maximum absolute atomic E-state index is 12.0. The van der Waals surface area contributed by atoms with Gasteiger partial charge in [0.25, 0.3) is 5.69 Å². The molecule has 1 aliphatic rings. The van der Waals surface area contributed by atoms with Crippen LogP contribution in [-0.4, -0.2) is 26.1 Å². The van der Waals surface area contributed by atoms with Gasteiger partial charge in [-0.15, -0.1) is 0 Å². The van der Waals surface area contributed by atoms with Crippen molar-refractivity contribution in [2.24, 2.45) is 0 Å². The minimum atomic E-state index is -3.69. The number of nitrogens with zero attached hydrogens (tertiary/aromatic N) is 2. The molecule has 25 heavy (non-hydrogen) atoms. The van der Waals surface area contributed by atoms with Crippen LogP contribution in [0.1, 0.15) is 30.0 Å². The normalized spacial score (nSPS) is 17.7. The van der Waals surface area contributed by atoms with Crippen LogP contribution in [0.15, 0.2) is 47.4 Å². The molecule has 1 saturated heterocycles. The predicted molar refractivity (Wildman–Crippen MR) is 96.7 cm³/mol. The van der Waals surface area contributed by atoms with Gasteiger partial charge in [0.15, 0.2) is 9.84 Å². The average molecular weight is 360 g/mol. The first-order valence-corrected chi connectivity index (χ1v) is 9.98. The van der Waals surface area contributed by atoms with Crippen molar-refractivity contribution in [3.63, 3.8) is 0 Å². The molecule has 0 aliphatic carbocycles. The van der Waals surface area contributed by atoms with Gasteiger partial charge in [-0.3, -0.25) is 10.1 Å². The van der Waals surface area contributed by atoms with E-state index in [0.29, 0.717) is 5.69 Å². The van der Waals surface area contributed by atoms with Crippen molar-refractivity contribution in [1.82, 2.24) is 0 Å². The van der Waals surface area contributed by atoms with Crippen LogP contribution >= 0.6 is 0 Å². The lowest BCUT2D eigenvalue weighted by molar-refractivity contribution is -0.387. The molecular formula is C18H20N2O4S. The van der Waals surface area contributed by atoms with Gasteiger partial charge >= 0.3 is 0 Å². The summed E-state index contributed by atoms with van der Waals surface area (Å²) in [7, 11) is -3.69. The summed E-state index contributed by atoms with van der Waals surface area (Å²) in [6.07, 6.45) is 2.96. The molecular weight excluding hydrogens is 340 g/mol. The molecule has 2 aromatic rings. The number of benzene rings is 2. The first-order chi connectivity index (χ1) is 11.8. The lowest BCUT2D eigenvalue weighted by Gasteiger charge is -2.27. The number of rotatable bonds is 4. The molecule has 1 aliphatic heterocycles. The molecule has 3 rings (SSSR count). The molecule has 0 spiro atoms. The van der Waals surface area contributed by atoms with Gasteiger partial charge in [-0.25, -0.2) is 8.42 Å². The number of sulfone groups is 1. The van der Waals surface area contributed by atoms with Gasteiger partial charge in [0, 0.05) is 24.6 Å². The Kier molecular flexibility index (Phi) is 4.51. The number of hydrogen-bond acceptors (Lipinski definition) is 5. The second-order valence-corrected chi connectivity index (χ2v) is 8.43. The van der Waals surface area contributed by atoms with Gasteiger partial charge in [-0.05, 0) is 37.5 Å². The zero-order valence-corrected chi connectivity index (χ0v) is 15.0. The maximum atomic E-state index is 12.0. The molecule has 1 fully saturated rings. The summed E-state index contributed by atoms with van der Waals surface area (Å²) >= 11 is 0. The molecule has 6 nitrogen and oxygen atoms in total. The Morgan fingerprint density at radius 1 is 1.20 bits per heavy atom. The van der Waals surface area contributed by atoms with Crippen molar-refractivity contribution in [2.75, 3.05) is 17.7 Å². The quantitative estimate of drug-likeness (QED) is 0.614. The third kappa shape index (κ3) is 3.51. The molecule has 1 heterocycles. The predicted octanol–water partition coefficient (Wildman–Crippen LogP) is 3.65. The zero-order chi connectivity index (χ0) is 18.2. The summed E-state index contributed by atoms with van der Waals surface area (Å²) in [6.45, 7) is 2.83. The van der Waals surface area contributed by atoms with Crippen molar-refractivity contribution in [3.05, 3.63) is 63.7 Å². The summed E-state index contributed by atoms with van der Waals surface area (Å²) in [6, 6.07) is 12.8. The van der Waals surface area contributed by atoms with Crippen molar-refractivity contribution in [1.29, 1.82) is 0 Å². The highest BCUT2D eigenvalue weighted by Crippen LogP contribution is 2.38. The van der Waals surface area contributed by atoms with E-state index in [-0.39, 0.29) is 16.6 Å². The minimum absolute atomic E-state index is 0.147. The third-order valence-corrected chi connectivity index (χ3v) is 5.68. The van der Waals surface area contributed by atoms with E-state index in [4.69, 9.17) is 0 Å². The summed E-state index contributed by atoms with van der Waals surface area (Å²) < 4.78 is 24.0. The van der Waals surface area contributed by atoms with Crippen LogP contribution in [0, 0.1) is 17.0 Å². The smallest absolute Gasteiger partial charge is 0.288 e. The van der Waals surface area contributed by atoms with Crippen LogP contribution in [0.4, 0.5) is 11.4 Å². The van der Waals surface area contributed by atoms with E-state index in [2.05, 4.69) is 17.0 Å². The topological polar surface area (TPSA) is 80.5 Å². The number of hydrogen-bond donors (Lipinski definition) is 0. The Morgan fingerprint density at radius 3 is 2.60 bits per heavy atom. The SMILES string of the molecule is Cc1cccc(C2CCCN2c2ccc([N+](=O)[O-])c(S(C)(=O)=O)c2)c1. The van der Waals surface area contributed by atoms with Crippen LogP contribution in [0.3, 0.4) is 0 Å². The fourth-order valence-electron chi connectivity index (χ4n) is 3.43. The van der Waals surface area contributed by atoms with Crippen LogP contribution in [-0.2, 0) is 9.84 Å². The Balaban J connectivity index is 2.05. The zero-order valence-electron chi connectivity index (χ0n) is 14.2. The third-order valence-electron chi connectivity index (χ3n) is 4.55. The molecule has 0 amide bonds. The lowest BCUT2D eigenvalue weighted by Crippen LogP contribution is -2.23. The summed E-state index contributed by atoms with van der Waals surface area (Å²) in [5.74, 6) is 0. The molecule has 1 atom stereocenters. The van der Waals surface area contributed by atoms with Crippen LogP contribution in [0.2, 0.25) is 0 Å². The fourth-order valence-corrected chi connectivity index (χ4v) is 4.29. The Bertz CT molecular complexity index is 924. The molecule has 0 aromatic heterocycles. The summed E-state index contributed by atoms with van der Waals surface area (Å²) in [4.78, 5) is 12.4. The van der Waals surface area contributed by atoms with Crippen molar-refractivity contribution >= 4 is 21.2 Å². The highest BCUT2D eigenvalue weighted by atomic mass is 32.2. The van der Waals surface area contributed by atoms with E-state index in [9.17, 15) is 18.5 Å². The second-order valence-electron chi connectivity index (χ2n) is 6.45. The number of anilines is 1. The van der Waals surface area contributed by atoms with E-state index in [0.717, 1.165) is 25.6 Å². The number of nitro benzene ring substituents is 1. The number of nitro groups is 1. The summed E-state index contributed by atoms with van der Waals surface area (Å²) in [5.41, 5.74) is 2.68. The molecule has 0 radical (unpaired) electrons. The molecule has 7 heteroatoms. The average Bonchev–Trinajstić information content (AvgIpc) is 3.03. The largest absolute Gasteiger partial charge is 0.364 e. The van der Waals surface area contributed by atoms with Gasteiger partial charge < -0.3 is 4.90 Å². The second kappa shape index (κ2) is 6.48. The molecule has 0 bridgehead atoms. The van der Waals surface area contributed by atoms with Crippen molar-refractivity contribution in [3.8, 4) is 0 Å². The molecule has 0 N–H and O–H groups in total. The van der Waals surface area contributed by atoms with Gasteiger partial charge in [-0.1, -0.05) is 29.8 Å². The van der Waals surface area contributed by atoms with E-state index >= 15 is 0 Å². The number of aryl methyl sites for hydroxylation is 1. The van der Waals surface area contributed by atoms with Crippen LogP contribution < -0.4 is 4.90 Å². The standard InChI is InChI=1S/C18H20N2O4S/c1-13-5-3-6-14(11-13)16-7-4-10-19(16)15-8-9-17(20(21)22)18(12-15)25(2,23)24/h3,5-6,8-9,11-12,16H,4,7,10H2,1-2H3. The first-order valence-electron chi connectivity index (χ1n) is 8.09.